The topological polar surface area (TPSA) is 81.1 Å². The average Bonchev–Trinajstić information content (AvgIpc) is 2.91. The van der Waals surface area contributed by atoms with Crippen molar-refractivity contribution in [1.82, 2.24) is 9.80 Å². The Labute approximate surface area is 127 Å². The molecule has 3 aliphatic rings. The second kappa shape index (κ2) is 5.30. The van der Waals surface area contributed by atoms with Gasteiger partial charge in [0, 0.05) is 23.1 Å². The maximum absolute atomic E-state index is 12.1. The fourth-order valence-electron chi connectivity index (χ4n) is 3.53. The lowest BCUT2D eigenvalue weighted by molar-refractivity contribution is -0.161. The number of carboxylic acid groups (broad SMARTS) is 1. The molecule has 0 radical (unpaired) electrons. The maximum atomic E-state index is 12.1. The monoisotopic (exact) mass is 312 g/mol. The van der Waals surface area contributed by atoms with E-state index in [2.05, 4.69) is 11.9 Å². The number of carboxylic acids is 1. The van der Waals surface area contributed by atoms with Crippen LogP contribution in [0.1, 0.15) is 19.8 Å². The van der Waals surface area contributed by atoms with E-state index in [0.29, 0.717) is 11.7 Å². The quantitative estimate of drug-likeness (QED) is 0.728. The van der Waals surface area contributed by atoms with E-state index in [9.17, 15) is 19.8 Å². The predicted molar refractivity (Wildman–Crippen MR) is 78.6 cm³/mol. The number of fused-ring (bicyclic) bond motifs is 1. The molecule has 1 unspecified atom stereocenters. The SMILES string of the molecule is CC(O)[C@H]1C(=O)N2C(C(=O)O)=C(S[C@H]3CCN(C)C3)C[C@H]12. The number of hydrogen-bond donors (Lipinski definition) is 2. The van der Waals surface area contributed by atoms with Gasteiger partial charge in [-0.3, -0.25) is 4.79 Å². The standard InChI is InChI=1S/C14H20N2O4S/c1-7(17)11-9-5-10(21-8-3-4-15(2)6-8)12(14(19)20)16(9)13(11)18/h7-9,11,17H,3-6H2,1-2H3,(H,19,20)/t7?,8-,9+,11+/m0/s1. The number of likely N-dealkylation sites (tertiary alicyclic amines) is 1. The molecule has 0 bridgehead atoms. The number of carbonyl (C=O) groups excluding carboxylic acids is 1. The van der Waals surface area contributed by atoms with Crippen LogP contribution in [0.5, 0.6) is 0 Å². The molecule has 1 amide bonds. The molecule has 0 aromatic carbocycles. The van der Waals surface area contributed by atoms with Gasteiger partial charge in [-0.1, -0.05) is 0 Å². The van der Waals surface area contributed by atoms with Gasteiger partial charge in [0.25, 0.3) is 0 Å². The number of hydrogen-bond acceptors (Lipinski definition) is 5. The Morgan fingerprint density at radius 1 is 1.48 bits per heavy atom. The van der Waals surface area contributed by atoms with E-state index >= 15 is 0 Å². The summed E-state index contributed by atoms with van der Waals surface area (Å²) in [5.74, 6) is -1.75. The summed E-state index contributed by atoms with van der Waals surface area (Å²) in [6.45, 7) is 3.56. The van der Waals surface area contributed by atoms with E-state index in [1.807, 2.05) is 0 Å². The Morgan fingerprint density at radius 2 is 2.19 bits per heavy atom. The summed E-state index contributed by atoms with van der Waals surface area (Å²) < 4.78 is 0. The molecular weight excluding hydrogens is 292 g/mol. The third-order valence-corrected chi connectivity index (χ3v) is 5.91. The molecule has 3 rings (SSSR count). The predicted octanol–water partition coefficient (Wildman–Crippen LogP) is 0.331. The highest BCUT2D eigenvalue weighted by Gasteiger charge is 2.56. The number of rotatable bonds is 4. The Hall–Kier alpha value is -1.05. The number of thioether (sulfide) groups is 1. The van der Waals surface area contributed by atoms with Gasteiger partial charge in [-0.25, -0.2) is 4.79 Å². The minimum absolute atomic E-state index is 0.140. The summed E-state index contributed by atoms with van der Waals surface area (Å²) in [7, 11) is 2.06. The van der Waals surface area contributed by atoms with Crippen LogP contribution in [0.3, 0.4) is 0 Å². The van der Waals surface area contributed by atoms with E-state index in [1.54, 1.807) is 18.7 Å². The minimum atomic E-state index is -1.04. The highest BCUT2D eigenvalue weighted by atomic mass is 32.2. The molecule has 0 aromatic rings. The van der Waals surface area contributed by atoms with Crippen molar-refractivity contribution in [3.63, 3.8) is 0 Å². The van der Waals surface area contributed by atoms with Gasteiger partial charge in [-0.2, -0.15) is 0 Å². The Morgan fingerprint density at radius 3 is 2.71 bits per heavy atom. The van der Waals surface area contributed by atoms with Crippen LogP contribution >= 0.6 is 11.8 Å². The zero-order chi connectivity index (χ0) is 15.3. The molecule has 0 spiro atoms. The van der Waals surface area contributed by atoms with Gasteiger partial charge >= 0.3 is 5.97 Å². The van der Waals surface area contributed by atoms with E-state index in [-0.39, 0.29) is 17.6 Å². The first-order valence-electron chi connectivity index (χ1n) is 7.23. The smallest absolute Gasteiger partial charge is 0.353 e. The Kier molecular flexibility index (Phi) is 3.75. The molecule has 116 valence electrons. The molecule has 7 heteroatoms. The highest BCUT2D eigenvalue weighted by Crippen LogP contribution is 2.48. The fraction of sp³-hybridized carbons (Fsp3) is 0.714. The third-order valence-electron chi connectivity index (χ3n) is 4.55. The number of carbonyl (C=O) groups is 2. The lowest BCUT2D eigenvalue weighted by Crippen LogP contribution is -2.61. The van der Waals surface area contributed by atoms with Gasteiger partial charge in [-0.15, -0.1) is 11.8 Å². The molecule has 3 aliphatic heterocycles. The van der Waals surface area contributed by atoms with Gasteiger partial charge in [-0.05, 0) is 26.9 Å². The van der Waals surface area contributed by atoms with Crippen LogP contribution in [-0.4, -0.2) is 69.4 Å². The number of aliphatic carboxylic acids is 1. The van der Waals surface area contributed by atoms with Crippen molar-refractivity contribution in [2.24, 2.45) is 5.92 Å². The second-order valence-corrected chi connectivity index (χ2v) is 7.51. The van der Waals surface area contributed by atoms with Crippen molar-refractivity contribution in [3.8, 4) is 0 Å². The first kappa shape index (κ1) is 14.9. The third kappa shape index (κ3) is 2.37. The lowest BCUT2D eigenvalue weighted by atomic mass is 9.83. The molecule has 2 N–H and O–H groups in total. The summed E-state index contributed by atoms with van der Waals surface area (Å²) >= 11 is 1.60. The van der Waals surface area contributed by atoms with Crippen LogP contribution in [0.25, 0.3) is 0 Å². The van der Waals surface area contributed by atoms with Gasteiger partial charge in [0.2, 0.25) is 5.91 Å². The molecule has 2 saturated heterocycles. The van der Waals surface area contributed by atoms with Crippen molar-refractivity contribution < 1.29 is 19.8 Å². The number of β-lactam (4-membered cyclic amide) rings is 1. The first-order valence-corrected chi connectivity index (χ1v) is 8.11. The van der Waals surface area contributed by atoms with Crippen LogP contribution in [0.15, 0.2) is 10.6 Å². The first-order chi connectivity index (χ1) is 9.90. The van der Waals surface area contributed by atoms with Crippen molar-refractivity contribution in [2.75, 3.05) is 20.1 Å². The zero-order valence-electron chi connectivity index (χ0n) is 12.2. The zero-order valence-corrected chi connectivity index (χ0v) is 13.0. The van der Waals surface area contributed by atoms with Crippen LogP contribution in [0, 0.1) is 5.92 Å². The average molecular weight is 312 g/mol. The lowest BCUT2D eigenvalue weighted by Gasteiger charge is -2.44. The summed E-state index contributed by atoms with van der Waals surface area (Å²) in [4.78, 5) is 28.0. The molecule has 0 aliphatic carbocycles. The van der Waals surface area contributed by atoms with Crippen LogP contribution in [0.4, 0.5) is 0 Å². The summed E-state index contributed by atoms with van der Waals surface area (Å²) in [6.07, 6.45) is 0.875. The van der Waals surface area contributed by atoms with E-state index < -0.39 is 18.0 Å². The fourth-order valence-corrected chi connectivity index (χ4v) is 5.05. The second-order valence-electron chi connectivity index (χ2n) is 6.11. The van der Waals surface area contributed by atoms with Gasteiger partial charge in [0.1, 0.15) is 5.70 Å². The summed E-state index contributed by atoms with van der Waals surface area (Å²) in [6, 6.07) is -0.176. The largest absolute Gasteiger partial charge is 0.477 e. The highest BCUT2D eigenvalue weighted by molar-refractivity contribution is 8.03. The van der Waals surface area contributed by atoms with Crippen LogP contribution in [0.2, 0.25) is 0 Å². The Balaban J connectivity index is 1.79. The molecule has 0 saturated carbocycles. The van der Waals surface area contributed by atoms with Crippen LogP contribution in [-0.2, 0) is 9.59 Å². The molecule has 2 fully saturated rings. The van der Waals surface area contributed by atoms with Crippen molar-refractivity contribution in [3.05, 3.63) is 10.6 Å². The van der Waals surface area contributed by atoms with Gasteiger partial charge in [0.05, 0.1) is 18.1 Å². The summed E-state index contributed by atoms with van der Waals surface area (Å²) in [5, 5.41) is 19.5. The van der Waals surface area contributed by atoms with Gasteiger partial charge in [0.15, 0.2) is 0 Å². The molecule has 21 heavy (non-hydrogen) atoms. The van der Waals surface area contributed by atoms with Crippen molar-refractivity contribution in [1.29, 1.82) is 0 Å². The number of nitrogens with zero attached hydrogens (tertiary/aromatic N) is 2. The Bertz CT molecular complexity index is 519. The van der Waals surface area contributed by atoms with Crippen LogP contribution < -0.4 is 0 Å². The number of aliphatic hydroxyl groups excluding tert-OH is 1. The minimum Gasteiger partial charge on any atom is -0.477 e. The maximum Gasteiger partial charge on any atom is 0.353 e. The molecule has 4 atom stereocenters. The molecule has 3 heterocycles. The van der Waals surface area contributed by atoms with E-state index in [1.165, 1.54) is 4.90 Å². The molecular formula is C14H20N2O4S. The molecule has 6 nitrogen and oxygen atoms in total. The van der Waals surface area contributed by atoms with Crippen molar-refractivity contribution >= 4 is 23.6 Å². The summed E-state index contributed by atoms with van der Waals surface area (Å²) in [5.41, 5.74) is 0.140. The van der Waals surface area contributed by atoms with E-state index in [4.69, 9.17) is 0 Å². The number of aliphatic hydroxyl groups is 1. The van der Waals surface area contributed by atoms with Crippen molar-refractivity contribution in [2.45, 2.75) is 37.2 Å². The molecule has 0 aromatic heterocycles. The van der Waals surface area contributed by atoms with Gasteiger partial charge < -0.3 is 20.0 Å². The van der Waals surface area contributed by atoms with E-state index in [0.717, 1.165) is 24.4 Å². The number of amides is 1. The normalized spacial score (nSPS) is 34.1.